The summed E-state index contributed by atoms with van der Waals surface area (Å²) < 4.78 is 1.61. The van der Waals surface area contributed by atoms with Gasteiger partial charge in [0.1, 0.15) is 5.49 Å². The number of aromatic nitrogens is 1. The fraction of sp³-hybridized carbons (Fsp3) is 0. The smallest absolute Gasteiger partial charge is 0.196 e. The minimum atomic E-state index is -0.205. The molecule has 1 aliphatic rings. The van der Waals surface area contributed by atoms with Crippen molar-refractivity contribution in [2.45, 2.75) is 0 Å². The summed E-state index contributed by atoms with van der Waals surface area (Å²) in [4.78, 5) is 25.3. The highest BCUT2D eigenvalue weighted by molar-refractivity contribution is 6.28. The third-order valence-electron chi connectivity index (χ3n) is 4.03. The maximum atomic E-state index is 12.7. The lowest BCUT2D eigenvalue weighted by atomic mass is 9.85. The third kappa shape index (κ3) is 1.96. The van der Waals surface area contributed by atoms with Crippen molar-refractivity contribution in [1.29, 1.82) is 5.41 Å². The zero-order valence-corrected chi connectivity index (χ0v) is 12.1. The minimum Gasteiger partial charge on any atom is -0.302 e. The highest BCUT2D eigenvalue weighted by Crippen LogP contribution is 2.26. The molecular formula is C19H12N2O2. The van der Waals surface area contributed by atoms with Crippen LogP contribution in [0.3, 0.4) is 0 Å². The lowest BCUT2D eigenvalue weighted by molar-refractivity contribution is 0.0978. The summed E-state index contributed by atoms with van der Waals surface area (Å²) in [6.07, 6.45) is 1.59. The van der Waals surface area contributed by atoms with E-state index in [1.54, 1.807) is 35.0 Å². The SMILES string of the molecule is N=c1cc2c(cn1-c1ccccc1)C(=O)c1ccccc1C2=O. The molecule has 0 spiro atoms. The first kappa shape index (κ1) is 13.4. The number of hydrogen-bond donors (Lipinski definition) is 1. The Morgan fingerprint density at radius 1 is 0.696 bits per heavy atom. The Morgan fingerprint density at radius 2 is 1.26 bits per heavy atom. The summed E-state index contributed by atoms with van der Waals surface area (Å²) in [6, 6.07) is 17.6. The number of fused-ring (bicyclic) bond motifs is 2. The van der Waals surface area contributed by atoms with Crippen molar-refractivity contribution in [3.05, 3.63) is 94.6 Å². The second-order valence-electron chi connectivity index (χ2n) is 5.40. The molecule has 0 amide bonds. The van der Waals surface area contributed by atoms with Gasteiger partial charge in [-0.1, -0.05) is 42.5 Å². The summed E-state index contributed by atoms with van der Waals surface area (Å²) in [7, 11) is 0. The monoisotopic (exact) mass is 300 g/mol. The first-order chi connectivity index (χ1) is 11.2. The average Bonchev–Trinajstić information content (AvgIpc) is 2.60. The van der Waals surface area contributed by atoms with E-state index < -0.39 is 0 Å². The average molecular weight is 300 g/mol. The fourth-order valence-corrected chi connectivity index (χ4v) is 2.89. The normalized spacial score (nSPS) is 12.7. The van der Waals surface area contributed by atoms with Crippen LogP contribution < -0.4 is 5.49 Å². The maximum Gasteiger partial charge on any atom is 0.196 e. The Balaban J connectivity index is 1.98. The summed E-state index contributed by atoms with van der Waals surface area (Å²) in [5, 5.41) is 8.19. The predicted octanol–water partition coefficient (Wildman–Crippen LogP) is 2.73. The Bertz CT molecular complexity index is 1020. The van der Waals surface area contributed by atoms with Gasteiger partial charge < -0.3 is 4.57 Å². The molecule has 0 saturated heterocycles. The minimum absolute atomic E-state index is 0.162. The molecule has 0 atom stereocenters. The highest BCUT2D eigenvalue weighted by Gasteiger charge is 2.30. The van der Waals surface area contributed by atoms with Gasteiger partial charge in [-0.25, -0.2) is 0 Å². The van der Waals surface area contributed by atoms with E-state index in [4.69, 9.17) is 5.41 Å². The van der Waals surface area contributed by atoms with Crippen LogP contribution in [0, 0.1) is 5.41 Å². The van der Waals surface area contributed by atoms with E-state index in [-0.39, 0.29) is 17.1 Å². The molecule has 4 rings (SSSR count). The van der Waals surface area contributed by atoms with Crippen LogP contribution in [0.4, 0.5) is 0 Å². The van der Waals surface area contributed by atoms with Crippen LogP contribution in [-0.2, 0) is 0 Å². The van der Waals surface area contributed by atoms with Gasteiger partial charge in [-0.3, -0.25) is 15.0 Å². The van der Waals surface area contributed by atoms with Gasteiger partial charge in [-0.2, -0.15) is 0 Å². The second-order valence-corrected chi connectivity index (χ2v) is 5.40. The Kier molecular flexibility index (Phi) is 2.84. The number of para-hydroxylation sites is 1. The summed E-state index contributed by atoms with van der Waals surface area (Å²) in [5.41, 5.74) is 2.40. The van der Waals surface area contributed by atoms with Gasteiger partial charge >= 0.3 is 0 Å². The molecule has 23 heavy (non-hydrogen) atoms. The number of ketones is 2. The zero-order valence-electron chi connectivity index (χ0n) is 12.1. The molecule has 4 nitrogen and oxygen atoms in total. The van der Waals surface area contributed by atoms with Crippen molar-refractivity contribution >= 4 is 11.6 Å². The number of carbonyl (C=O) groups is 2. The molecule has 0 radical (unpaired) electrons. The summed E-state index contributed by atoms with van der Waals surface area (Å²) in [6.45, 7) is 0. The van der Waals surface area contributed by atoms with Crippen LogP contribution in [0.5, 0.6) is 0 Å². The molecule has 1 N–H and O–H groups in total. The molecule has 0 bridgehead atoms. The molecule has 0 saturated carbocycles. The molecule has 2 aromatic carbocycles. The molecule has 3 aromatic rings. The lowest BCUT2D eigenvalue weighted by Crippen LogP contribution is -2.27. The van der Waals surface area contributed by atoms with Crippen molar-refractivity contribution < 1.29 is 9.59 Å². The summed E-state index contributed by atoms with van der Waals surface area (Å²) in [5.74, 6) is -0.385. The van der Waals surface area contributed by atoms with Gasteiger partial charge in [-0.15, -0.1) is 0 Å². The van der Waals surface area contributed by atoms with Crippen molar-refractivity contribution in [2.24, 2.45) is 0 Å². The van der Waals surface area contributed by atoms with Gasteiger partial charge in [0.15, 0.2) is 11.6 Å². The van der Waals surface area contributed by atoms with Gasteiger partial charge in [-0.05, 0) is 18.2 Å². The second kappa shape index (κ2) is 4.88. The molecule has 1 aliphatic carbocycles. The van der Waals surface area contributed by atoms with Gasteiger partial charge in [0.2, 0.25) is 0 Å². The standard InChI is InChI=1S/C19H12N2O2/c20-17-10-15-16(11-21(17)12-6-2-1-3-7-12)19(23)14-9-5-4-8-13(14)18(15)22/h1-11,20H. The first-order valence-electron chi connectivity index (χ1n) is 7.22. The van der Waals surface area contributed by atoms with E-state index in [1.807, 2.05) is 30.3 Å². The number of nitrogens with one attached hydrogen (secondary N) is 1. The fourth-order valence-electron chi connectivity index (χ4n) is 2.89. The molecule has 0 fully saturated rings. The first-order valence-corrected chi connectivity index (χ1v) is 7.22. The quantitative estimate of drug-likeness (QED) is 0.587. The van der Waals surface area contributed by atoms with Crippen molar-refractivity contribution in [3.8, 4) is 5.69 Å². The predicted molar refractivity (Wildman–Crippen MR) is 84.9 cm³/mol. The molecular weight excluding hydrogens is 288 g/mol. The Morgan fingerprint density at radius 3 is 1.91 bits per heavy atom. The summed E-state index contributed by atoms with van der Waals surface area (Å²) >= 11 is 0. The molecule has 4 heteroatoms. The van der Waals surface area contributed by atoms with Crippen LogP contribution in [0.2, 0.25) is 0 Å². The van der Waals surface area contributed by atoms with E-state index in [2.05, 4.69) is 0 Å². The van der Waals surface area contributed by atoms with Crippen molar-refractivity contribution in [1.82, 2.24) is 4.57 Å². The number of hydrogen-bond acceptors (Lipinski definition) is 3. The van der Waals surface area contributed by atoms with Crippen molar-refractivity contribution in [2.75, 3.05) is 0 Å². The largest absolute Gasteiger partial charge is 0.302 e. The van der Waals surface area contributed by atoms with E-state index >= 15 is 0 Å². The Labute approximate surface area is 132 Å². The van der Waals surface area contributed by atoms with Gasteiger partial charge in [0.25, 0.3) is 0 Å². The highest BCUT2D eigenvalue weighted by atomic mass is 16.1. The Hall–Kier alpha value is -3.27. The van der Waals surface area contributed by atoms with Crippen LogP contribution in [-0.4, -0.2) is 16.1 Å². The number of nitrogens with zero attached hydrogens (tertiary/aromatic N) is 1. The maximum absolute atomic E-state index is 12.7. The molecule has 1 aromatic heterocycles. The van der Waals surface area contributed by atoms with E-state index in [0.717, 1.165) is 5.69 Å². The number of benzene rings is 2. The molecule has 0 unspecified atom stereocenters. The molecule has 0 aliphatic heterocycles. The van der Waals surface area contributed by atoms with E-state index in [0.29, 0.717) is 22.3 Å². The van der Waals surface area contributed by atoms with E-state index in [9.17, 15) is 9.59 Å². The lowest BCUT2D eigenvalue weighted by Gasteiger charge is -2.19. The van der Waals surface area contributed by atoms with Crippen LogP contribution in [0.1, 0.15) is 31.8 Å². The number of carbonyl (C=O) groups excluding carboxylic acids is 2. The number of pyridine rings is 1. The molecule has 1 heterocycles. The topological polar surface area (TPSA) is 62.9 Å². The van der Waals surface area contributed by atoms with Crippen LogP contribution in [0.25, 0.3) is 5.69 Å². The van der Waals surface area contributed by atoms with Crippen molar-refractivity contribution in [3.63, 3.8) is 0 Å². The third-order valence-corrected chi connectivity index (χ3v) is 4.03. The zero-order chi connectivity index (χ0) is 16.0. The molecule has 110 valence electrons. The number of rotatable bonds is 1. The van der Waals surface area contributed by atoms with Gasteiger partial charge in [0, 0.05) is 28.6 Å². The van der Waals surface area contributed by atoms with Crippen LogP contribution >= 0.6 is 0 Å². The van der Waals surface area contributed by atoms with E-state index in [1.165, 1.54) is 6.07 Å². The van der Waals surface area contributed by atoms with Gasteiger partial charge in [0.05, 0.1) is 5.56 Å². The van der Waals surface area contributed by atoms with Crippen LogP contribution in [0.15, 0.2) is 66.9 Å².